The fourth-order valence-corrected chi connectivity index (χ4v) is 2.28. The molecule has 1 aliphatic rings. The van der Waals surface area contributed by atoms with Gasteiger partial charge in [0.05, 0.1) is 12.7 Å². The predicted molar refractivity (Wildman–Crippen MR) is 69.4 cm³/mol. The van der Waals surface area contributed by atoms with E-state index in [2.05, 4.69) is 5.32 Å². The maximum absolute atomic E-state index is 12.9. The summed E-state index contributed by atoms with van der Waals surface area (Å²) in [5.74, 6) is -0.591. The highest BCUT2D eigenvalue weighted by atomic mass is 19.1. The molecule has 104 valence electrons. The zero-order valence-corrected chi connectivity index (χ0v) is 11.1. The van der Waals surface area contributed by atoms with Gasteiger partial charge in [-0.2, -0.15) is 0 Å². The first-order chi connectivity index (χ1) is 9.09. The van der Waals surface area contributed by atoms with Crippen molar-refractivity contribution in [1.29, 1.82) is 0 Å². The van der Waals surface area contributed by atoms with Gasteiger partial charge in [0, 0.05) is 25.6 Å². The van der Waals surface area contributed by atoms with E-state index >= 15 is 0 Å². The fraction of sp³-hybridized carbons (Fsp3) is 0.500. The molecule has 0 aromatic heterocycles. The second kappa shape index (κ2) is 5.57. The number of methoxy groups -OCH3 is 1. The maximum atomic E-state index is 12.9. The van der Waals surface area contributed by atoms with Crippen LogP contribution in [0.1, 0.15) is 19.8 Å². The molecule has 0 unspecified atom stereocenters. The van der Waals surface area contributed by atoms with Crippen LogP contribution in [0.5, 0.6) is 0 Å². The van der Waals surface area contributed by atoms with E-state index in [1.54, 1.807) is 26.2 Å². The average Bonchev–Trinajstić information content (AvgIpc) is 2.36. The monoisotopic (exact) mass is 267 g/mol. The summed E-state index contributed by atoms with van der Waals surface area (Å²) in [4.78, 5) is 12.1. The number of nitrogens with one attached hydrogen (secondary N) is 1. The van der Waals surface area contributed by atoms with E-state index in [1.807, 2.05) is 0 Å². The lowest BCUT2D eigenvalue weighted by atomic mass is 9.74. The molecule has 1 aliphatic carbocycles. The van der Waals surface area contributed by atoms with E-state index < -0.39 is 5.54 Å². The summed E-state index contributed by atoms with van der Waals surface area (Å²) < 4.78 is 23.2. The molecule has 0 radical (unpaired) electrons. The smallest absolute Gasteiger partial charge is 0.331 e. The van der Waals surface area contributed by atoms with E-state index in [4.69, 9.17) is 9.47 Å². The van der Waals surface area contributed by atoms with Gasteiger partial charge >= 0.3 is 5.97 Å². The van der Waals surface area contributed by atoms with E-state index in [0.717, 1.165) is 0 Å². The molecule has 19 heavy (non-hydrogen) atoms. The van der Waals surface area contributed by atoms with Gasteiger partial charge in [0.1, 0.15) is 11.4 Å². The largest absolute Gasteiger partial charge is 0.464 e. The summed E-state index contributed by atoms with van der Waals surface area (Å²) in [7, 11) is 1.62. The number of rotatable bonds is 5. The summed E-state index contributed by atoms with van der Waals surface area (Å²) in [6.07, 6.45) is 1.16. The van der Waals surface area contributed by atoms with Crippen molar-refractivity contribution in [1.82, 2.24) is 0 Å². The molecule has 0 spiro atoms. The van der Waals surface area contributed by atoms with Gasteiger partial charge in [-0.05, 0) is 31.2 Å². The Morgan fingerprint density at radius 2 is 2.05 bits per heavy atom. The number of carbonyl (C=O) groups excluding carboxylic acids is 1. The van der Waals surface area contributed by atoms with Crippen molar-refractivity contribution in [2.45, 2.75) is 31.4 Å². The molecule has 5 heteroatoms. The van der Waals surface area contributed by atoms with Gasteiger partial charge in [-0.15, -0.1) is 0 Å². The lowest BCUT2D eigenvalue weighted by molar-refractivity contribution is -0.157. The molecule has 1 aromatic rings. The lowest BCUT2D eigenvalue weighted by Crippen LogP contribution is -2.59. The third-order valence-corrected chi connectivity index (χ3v) is 3.38. The van der Waals surface area contributed by atoms with Crippen LogP contribution < -0.4 is 5.32 Å². The topological polar surface area (TPSA) is 47.6 Å². The Bertz CT molecular complexity index is 441. The van der Waals surface area contributed by atoms with Crippen molar-refractivity contribution in [3.05, 3.63) is 30.1 Å². The average molecular weight is 267 g/mol. The lowest BCUT2D eigenvalue weighted by Gasteiger charge is -2.45. The normalized spacial score (nSPS) is 25.5. The van der Waals surface area contributed by atoms with E-state index in [9.17, 15) is 9.18 Å². The molecule has 0 amide bonds. The molecule has 0 saturated heterocycles. The van der Waals surface area contributed by atoms with Crippen molar-refractivity contribution >= 4 is 11.7 Å². The molecule has 1 fully saturated rings. The molecule has 0 atom stereocenters. The number of hydrogen-bond donors (Lipinski definition) is 1. The molecule has 1 N–H and O–H groups in total. The highest BCUT2D eigenvalue weighted by Gasteiger charge is 2.52. The summed E-state index contributed by atoms with van der Waals surface area (Å²) in [5, 5.41) is 3.15. The first-order valence-corrected chi connectivity index (χ1v) is 6.33. The third-order valence-electron chi connectivity index (χ3n) is 3.38. The Morgan fingerprint density at radius 1 is 1.42 bits per heavy atom. The van der Waals surface area contributed by atoms with Crippen molar-refractivity contribution in [2.75, 3.05) is 19.0 Å². The van der Waals surface area contributed by atoms with E-state index in [1.165, 1.54) is 12.1 Å². The Labute approximate surface area is 111 Å². The molecule has 1 saturated carbocycles. The van der Waals surface area contributed by atoms with Crippen LogP contribution in [0.4, 0.5) is 10.1 Å². The van der Waals surface area contributed by atoms with Crippen LogP contribution in [-0.4, -0.2) is 31.3 Å². The molecular weight excluding hydrogens is 249 g/mol. The highest BCUT2D eigenvalue weighted by Crippen LogP contribution is 2.38. The minimum Gasteiger partial charge on any atom is -0.464 e. The first kappa shape index (κ1) is 13.8. The van der Waals surface area contributed by atoms with Crippen LogP contribution in [0.15, 0.2) is 24.3 Å². The Hall–Kier alpha value is -1.62. The minimum absolute atomic E-state index is 0.0531. The number of anilines is 1. The molecule has 2 rings (SSSR count). The van der Waals surface area contributed by atoms with E-state index in [-0.39, 0.29) is 17.9 Å². The quantitative estimate of drug-likeness (QED) is 0.832. The van der Waals surface area contributed by atoms with Gasteiger partial charge in [0.2, 0.25) is 0 Å². The van der Waals surface area contributed by atoms with Crippen LogP contribution in [0.2, 0.25) is 0 Å². The molecule has 0 aliphatic heterocycles. The van der Waals surface area contributed by atoms with Gasteiger partial charge in [0.15, 0.2) is 0 Å². The van der Waals surface area contributed by atoms with Crippen molar-refractivity contribution in [3.63, 3.8) is 0 Å². The molecular formula is C14H18FNO3. The van der Waals surface area contributed by atoms with Crippen LogP contribution in [0, 0.1) is 5.82 Å². The first-order valence-electron chi connectivity index (χ1n) is 6.33. The minimum atomic E-state index is -0.755. The number of carbonyl (C=O) groups is 1. The summed E-state index contributed by atoms with van der Waals surface area (Å²) >= 11 is 0. The van der Waals surface area contributed by atoms with E-state index in [0.29, 0.717) is 25.1 Å². The summed E-state index contributed by atoms with van der Waals surface area (Å²) in [5.41, 5.74) is -0.0573. The number of ether oxygens (including phenoxy) is 2. The Balaban J connectivity index is 2.11. The van der Waals surface area contributed by atoms with Gasteiger partial charge in [-0.1, -0.05) is 0 Å². The van der Waals surface area contributed by atoms with Crippen molar-refractivity contribution in [2.24, 2.45) is 0 Å². The second-order valence-electron chi connectivity index (χ2n) is 4.70. The zero-order chi connectivity index (χ0) is 13.9. The fourth-order valence-electron chi connectivity index (χ4n) is 2.28. The van der Waals surface area contributed by atoms with Crippen LogP contribution >= 0.6 is 0 Å². The second-order valence-corrected chi connectivity index (χ2v) is 4.70. The van der Waals surface area contributed by atoms with Gasteiger partial charge < -0.3 is 14.8 Å². The van der Waals surface area contributed by atoms with Crippen LogP contribution in [0.3, 0.4) is 0 Å². The maximum Gasteiger partial charge on any atom is 0.331 e. The highest BCUT2D eigenvalue weighted by molar-refractivity contribution is 5.86. The zero-order valence-electron chi connectivity index (χ0n) is 11.1. The van der Waals surface area contributed by atoms with Gasteiger partial charge in [0.25, 0.3) is 0 Å². The van der Waals surface area contributed by atoms with Crippen LogP contribution in [-0.2, 0) is 14.3 Å². The SMILES string of the molecule is CCOC(=O)C1(Nc2ccc(F)cc2)CC(OC)C1. The van der Waals surface area contributed by atoms with Gasteiger partial charge in [-0.25, -0.2) is 9.18 Å². The number of hydrogen-bond acceptors (Lipinski definition) is 4. The van der Waals surface area contributed by atoms with Crippen LogP contribution in [0.25, 0.3) is 0 Å². The van der Waals surface area contributed by atoms with Crippen molar-refractivity contribution < 1.29 is 18.7 Å². The third kappa shape index (κ3) is 2.87. The summed E-state index contributed by atoms with van der Waals surface area (Å²) in [6, 6.07) is 5.92. The molecule has 1 aromatic carbocycles. The van der Waals surface area contributed by atoms with Crippen molar-refractivity contribution in [3.8, 4) is 0 Å². The predicted octanol–water partition coefficient (Wildman–Crippen LogP) is 2.35. The number of benzene rings is 1. The Morgan fingerprint density at radius 3 is 2.58 bits per heavy atom. The molecule has 0 bridgehead atoms. The molecule has 4 nitrogen and oxygen atoms in total. The summed E-state index contributed by atoms with van der Waals surface area (Å²) in [6.45, 7) is 2.11. The molecule has 0 heterocycles. The Kier molecular flexibility index (Phi) is 4.04. The standard InChI is InChI=1S/C14H18FNO3/c1-3-19-13(17)14(8-12(9-14)18-2)16-11-6-4-10(15)5-7-11/h4-7,12,16H,3,8-9H2,1-2H3. The number of esters is 1. The number of halogens is 1. The van der Waals surface area contributed by atoms with Gasteiger partial charge in [-0.3, -0.25) is 0 Å².